The fourth-order valence-corrected chi connectivity index (χ4v) is 6.65. The number of para-hydroxylation sites is 1. The Balaban J connectivity index is 1.68. The molecule has 1 N–H and O–H groups in total. The number of anilines is 1. The van der Waals surface area contributed by atoms with Crippen LogP contribution in [0.25, 0.3) is 0 Å². The summed E-state index contributed by atoms with van der Waals surface area (Å²) in [5, 5.41) is 3.26. The molecule has 39 heavy (non-hydrogen) atoms. The van der Waals surface area contributed by atoms with Crippen LogP contribution in [0.5, 0.6) is 0 Å². The van der Waals surface area contributed by atoms with Crippen molar-refractivity contribution in [3.63, 3.8) is 0 Å². The minimum Gasteiger partial charge on any atom is -0.352 e. The molecule has 0 saturated heterocycles. The van der Waals surface area contributed by atoms with Crippen molar-refractivity contribution in [2.24, 2.45) is 0 Å². The van der Waals surface area contributed by atoms with Crippen molar-refractivity contribution in [1.29, 1.82) is 0 Å². The molecule has 0 bridgehead atoms. The van der Waals surface area contributed by atoms with Crippen molar-refractivity contribution in [2.75, 3.05) is 10.8 Å². The maximum Gasteiger partial charge on any atom is 0.264 e. The highest BCUT2D eigenvalue weighted by molar-refractivity contribution is 9.10. The average Bonchev–Trinajstić information content (AvgIpc) is 3.45. The monoisotopic (exact) mass is 631 g/mol. The normalized spacial score (nSPS) is 14.5. The lowest BCUT2D eigenvalue weighted by Crippen LogP contribution is -2.52. The Morgan fingerprint density at radius 1 is 0.974 bits per heavy atom. The van der Waals surface area contributed by atoms with Gasteiger partial charge < -0.3 is 10.2 Å². The number of amides is 2. The average molecular weight is 633 g/mol. The summed E-state index contributed by atoms with van der Waals surface area (Å²) in [6.45, 7) is 1.28. The molecular formula is C29H31BrClN3O4S. The smallest absolute Gasteiger partial charge is 0.264 e. The van der Waals surface area contributed by atoms with E-state index in [0.29, 0.717) is 0 Å². The van der Waals surface area contributed by atoms with E-state index in [0.717, 1.165) is 40.0 Å². The number of rotatable bonds is 10. The lowest BCUT2D eigenvalue weighted by atomic mass is 10.1. The number of nitrogens with one attached hydrogen (secondary N) is 1. The van der Waals surface area contributed by atoms with Crippen LogP contribution in [-0.2, 0) is 26.2 Å². The van der Waals surface area contributed by atoms with Gasteiger partial charge in [0.2, 0.25) is 11.8 Å². The van der Waals surface area contributed by atoms with Crippen molar-refractivity contribution < 1.29 is 18.0 Å². The summed E-state index contributed by atoms with van der Waals surface area (Å²) in [6.07, 6.45) is 3.94. The van der Waals surface area contributed by atoms with Gasteiger partial charge in [-0.1, -0.05) is 82.8 Å². The van der Waals surface area contributed by atoms with Gasteiger partial charge in [0.25, 0.3) is 10.0 Å². The Labute approximate surface area is 243 Å². The number of nitrogens with zero attached hydrogens (tertiary/aromatic N) is 2. The lowest BCUT2D eigenvalue weighted by molar-refractivity contribution is -0.139. The SMILES string of the molecule is C[C@H](C(=O)NC1CCCC1)N(Cc1ccc(Br)cc1)C(=O)CN(c1ccccc1Cl)S(=O)(=O)c1ccccc1. The summed E-state index contributed by atoms with van der Waals surface area (Å²) >= 11 is 9.85. The molecule has 1 aliphatic carbocycles. The molecule has 1 fully saturated rings. The highest BCUT2D eigenvalue weighted by Gasteiger charge is 2.34. The third-order valence-corrected chi connectivity index (χ3v) is 9.49. The van der Waals surface area contributed by atoms with Gasteiger partial charge in [-0.15, -0.1) is 0 Å². The minimum absolute atomic E-state index is 0.0317. The second-order valence-electron chi connectivity index (χ2n) is 9.59. The zero-order valence-corrected chi connectivity index (χ0v) is 24.8. The number of halogens is 2. The van der Waals surface area contributed by atoms with E-state index in [9.17, 15) is 18.0 Å². The van der Waals surface area contributed by atoms with Gasteiger partial charge in [0.15, 0.2) is 0 Å². The zero-order valence-electron chi connectivity index (χ0n) is 21.6. The Morgan fingerprint density at radius 3 is 2.23 bits per heavy atom. The quantitative estimate of drug-likeness (QED) is 0.307. The van der Waals surface area contributed by atoms with Crippen molar-refractivity contribution in [1.82, 2.24) is 10.2 Å². The van der Waals surface area contributed by atoms with Gasteiger partial charge in [-0.05, 0) is 61.7 Å². The maximum absolute atomic E-state index is 14.0. The van der Waals surface area contributed by atoms with Crippen LogP contribution in [0.4, 0.5) is 5.69 Å². The van der Waals surface area contributed by atoms with E-state index in [2.05, 4.69) is 21.2 Å². The molecule has 4 rings (SSSR count). The summed E-state index contributed by atoms with van der Waals surface area (Å²) in [5.74, 6) is -0.783. The number of hydrogen-bond acceptors (Lipinski definition) is 4. The van der Waals surface area contributed by atoms with Crippen LogP contribution in [0.3, 0.4) is 0 Å². The molecule has 0 aromatic heterocycles. The van der Waals surface area contributed by atoms with Gasteiger partial charge in [-0.25, -0.2) is 8.42 Å². The summed E-state index contributed by atoms with van der Waals surface area (Å²) in [6, 6.07) is 21.1. The maximum atomic E-state index is 14.0. The van der Waals surface area contributed by atoms with E-state index in [4.69, 9.17) is 11.6 Å². The number of benzene rings is 3. The van der Waals surface area contributed by atoms with Crippen LogP contribution in [0.1, 0.15) is 38.2 Å². The van der Waals surface area contributed by atoms with Gasteiger partial charge in [-0.3, -0.25) is 13.9 Å². The molecule has 0 heterocycles. The fourth-order valence-electron chi connectivity index (χ4n) is 4.65. The molecule has 0 aliphatic heterocycles. The third-order valence-electron chi connectivity index (χ3n) is 6.87. The molecule has 0 spiro atoms. The fraction of sp³-hybridized carbons (Fsp3) is 0.310. The first kappa shape index (κ1) is 29.1. The van der Waals surface area contributed by atoms with Crippen molar-refractivity contribution in [3.05, 3.63) is 93.9 Å². The van der Waals surface area contributed by atoms with Crippen LogP contribution < -0.4 is 9.62 Å². The first-order valence-corrected chi connectivity index (χ1v) is 15.4. The first-order valence-electron chi connectivity index (χ1n) is 12.8. The topological polar surface area (TPSA) is 86.8 Å². The predicted octanol–water partition coefficient (Wildman–Crippen LogP) is 5.77. The second-order valence-corrected chi connectivity index (χ2v) is 12.8. The Kier molecular flexibility index (Phi) is 9.69. The predicted molar refractivity (Wildman–Crippen MR) is 157 cm³/mol. The van der Waals surface area contributed by atoms with Crippen LogP contribution in [0.2, 0.25) is 5.02 Å². The lowest BCUT2D eigenvalue weighted by Gasteiger charge is -2.32. The molecule has 7 nitrogen and oxygen atoms in total. The molecule has 0 unspecified atom stereocenters. The Bertz CT molecular complexity index is 1400. The second kappa shape index (κ2) is 13.0. The van der Waals surface area contributed by atoms with Crippen LogP contribution in [0, 0.1) is 0 Å². The molecular weight excluding hydrogens is 602 g/mol. The summed E-state index contributed by atoms with van der Waals surface area (Å²) in [5.41, 5.74) is 0.991. The van der Waals surface area contributed by atoms with Gasteiger partial charge in [0.05, 0.1) is 15.6 Å². The molecule has 3 aromatic carbocycles. The largest absolute Gasteiger partial charge is 0.352 e. The van der Waals surface area contributed by atoms with Crippen LogP contribution in [-0.4, -0.2) is 43.8 Å². The zero-order chi connectivity index (χ0) is 28.0. The van der Waals surface area contributed by atoms with E-state index in [1.165, 1.54) is 17.0 Å². The number of sulfonamides is 1. The minimum atomic E-state index is -4.15. The van der Waals surface area contributed by atoms with Gasteiger partial charge in [0.1, 0.15) is 12.6 Å². The van der Waals surface area contributed by atoms with Gasteiger partial charge in [0, 0.05) is 17.1 Å². The highest BCUT2D eigenvalue weighted by Crippen LogP contribution is 2.31. The van der Waals surface area contributed by atoms with E-state index in [-0.39, 0.29) is 34.1 Å². The third kappa shape index (κ3) is 7.21. The number of hydrogen-bond donors (Lipinski definition) is 1. The number of carbonyl (C=O) groups excluding carboxylic acids is 2. The van der Waals surface area contributed by atoms with Gasteiger partial charge in [-0.2, -0.15) is 0 Å². The van der Waals surface area contributed by atoms with Crippen molar-refractivity contribution in [3.8, 4) is 0 Å². The number of carbonyl (C=O) groups is 2. The van der Waals surface area contributed by atoms with E-state index in [1.54, 1.807) is 49.4 Å². The first-order chi connectivity index (χ1) is 18.7. The summed E-state index contributed by atoms with van der Waals surface area (Å²) < 4.78 is 29.5. The standard InChI is InChI=1S/C29H31BrClN3O4S/c1-21(29(36)32-24-9-5-6-10-24)33(19-22-15-17-23(30)18-16-22)28(35)20-34(27-14-8-7-13-26(27)31)39(37,38)25-11-3-2-4-12-25/h2-4,7-8,11-18,21,24H,5-6,9-10,19-20H2,1H3,(H,32,36)/t21-/m1/s1. The van der Waals surface area contributed by atoms with Crippen molar-refractivity contribution in [2.45, 2.75) is 56.1 Å². The van der Waals surface area contributed by atoms with Crippen LogP contribution in [0.15, 0.2) is 88.2 Å². The molecule has 0 radical (unpaired) electrons. The van der Waals surface area contributed by atoms with E-state index >= 15 is 0 Å². The molecule has 3 aromatic rings. The van der Waals surface area contributed by atoms with Crippen LogP contribution >= 0.6 is 27.5 Å². The summed E-state index contributed by atoms with van der Waals surface area (Å²) in [7, 11) is -4.15. The molecule has 1 aliphatic rings. The molecule has 2 amide bonds. The molecule has 1 saturated carbocycles. The summed E-state index contributed by atoms with van der Waals surface area (Å²) in [4.78, 5) is 28.7. The Hall–Kier alpha value is -2.88. The van der Waals surface area contributed by atoms with E-state index < -0.39 is 28.5 Å². The molecule has 10 heteroatoms. The molecule has 1 atom stereocenters. The Morgan fingerprint density at radius 2 is 1.59 bits per heavy atom. The van der Waals surface area contributed by atoms with Gasteiger partial charge >= 0.3 is 0 Å². The van der Waals surface area contributed by atoms with E-state index in [1.807, 2.05) is 24.3 Å². The highest BCUT2D eigenvalue weighted by atomic mass is 79.9. The molecule has 206 valence electrons. The van der Waals surface area contributed by atoms with Crippen molar-refractivity contribution >= 4 is 55.1 Å².